The monoisotopic (exact) mass is 174 g/mol. The van der Waals surface area contributed by atoms with E-state index in [2.05, 4.69) is 5.16 Å². The Balaban J connectivity index is 0.000000605. The van der Waals surface area contributed by atoms with Crippen LogP contribution < -0.4 is 5.73 Å². The number of nitrogens with two attached hydrogens (primary N) is 1. The lowest BCUT2D eigenvalue weighted by molar-refractivity contribution is 0.381. The van der Waals surface area contributed by atoms with E-state index in [9.17, 15) is 0 Å². The summed E-state index contributed by atoms with van der Waals surface area (Å²) in [6.45, 7) is 1.87. The first-order chi connectivity index (χ1) is 4.79. The maximum absolute atomic E-state index is 5.69. The van der Waals surface area contributed by atoms with Crippen LogP contribution in [-0.2, 0) is 0 Å². The van der Waals surface area contributed by atoms with Crippen molar-refractivity contribution in [3.8, 4) is 0 Å². The highest BCUT2D eigenvalue weighted by Crippen LogP contribution is 2.43. The molecule has 4 heteroatoms. The quantitative estimate of drug-likeness (QED) is 0.707. The molecular weight excluding hydrogens is 164 g/mol. The molecule has 1 aromatic heterocycles. The first-order valence-corrected chi connectivity index (χ1v) is 3.50. The van der Waals surface area contributed by atoms with Crippen molar-refractivity contribution >= 4 is 18.1 Å². The maximum atomic E-state index is 5.69. The summed E-state index contributed by atoms with van der Waals surface area (Å²) in [6.07, 6.45) is 2.41. The maximum Gasteiger partial charge on any atom is 0.162 e. The molecule has 1 aliphatic carbocycles. The highest BCUT2D eigenvalue weighted by Gasteiger charge is 2.30. The van der Waals surface area contributed by atoms with Crippen LogP contribution in [-0.4, -0.2) is 5.16 Å². The van der Waals surface area contributed by atoms with E-state index in [4.69, 9.17) is 10.3 Å². The molecule has 0 saturated heterocycles. The van der Waals surface area contributed by atoms with Gasteiger partial charge in [0, 0.05) is 5.92 Å². The van der Waals surface area contributed by atoms with Gasteiger partial charge >= 0.3 is 0 Å². The van der Waals surface area contributed by atoms with Crippen molar-refractivity contribution in [1.29, 1.82) is 0 Å². The highest BCUT2D eigenvalue weighted by atomic mass is 35.5. The molecule has 0 aromatic carbocycles. The molecule has 0 atom stereocenters. The molecule has 2 rings (SSSR count). The minimum Gasteiger partial charge on any atom is -0.394 e. The Labute approximate surface area is 71.3 Å². The highest BCUT2D eigenvalue weighted by molar-refractivity contribution is 5.85. The van der Waals surface area contributed by atoms with Crippen molar-refractivity contribution in [1.82, 2.24) is 5.16 Å². The number of nitrogens with zero attached hydrogens (tertiary/aromatic N) is 1. The Morgan fingerprint density at radius 2 is 2.18 bits per heavy atom. The normalized spacial score (nSPS) is 16.1. The van der Waals surface area contributed by atoms with Crippen molar-refractivity contribution in [3.05, 3.63) is 11.5 Å². The van der Waals surface area contributed by atoms with E-state index in [1.54, 1.807) is 0 Å². The molecule has 1 fully saturated rings. The minimum atomic E-state index is 0. The van der Waals surface area contributed by atoms with Gasteiger partial charge in [0.1, 0.15) is 5.69 Å². The molecule has 0 aliphatic heterocycles. The zero-order valence-electron chi connectivity index (χ0n) is 6.33. The molecule has 0 unspecified atom stereocenters. The van der Waals surface area contributed by atoms with Crippen LogP contribution in [0.15, 0.2) is 4.52 Å². The summed E-state index contributed by atoms with van der Waals surface area (Å²) in [5.74, 6) is 1.47. The molecule has 2 N–H and O–H groups in total. The third-order valence-electron chi connectivity index (χ3n) is 1.88. The Bertz CT molecular complexity index is 255. The van der Waals surface area contributed by atoms with Gasteiger partial charge in [-0.1, -0.05) is 5.16 Å². The predicted octanol–water partition coefficient (Wildman–Crippen LogP) is 1.86. The molecule has 0 bridgehead atoms. The van der Waals surface area contributed by atoms with Crippen LogP contribution in [0, 0.1) is 6.92 Å². The SMILES string of the molecule is Cc1noc(C2CC2)c1N.Cl. The second-order valence-corrected chi connectivity index (χ2v) is 2.82. The molecule has 1 saturated carbocycles. The first-order valence-electron chi connectivity index (χ1n) is 3.50. The number of hydrogen-bond acceptors (Lipinski definition) is 3. The Kier molecular flexibility index (Phi) is 2.09. The minimum absolute atomic E-state index is 0. The fraction of sp³-hybridized carbons (Fsp3) is 0.571. The number of anilines is 1. The molecule has 11 heavy (non-hydrogen) atoms. The molecule has 0 spiro atoms. The zero-order chi connectivity index (χ0) is 7.14. The van der Waals surface area contributed by atoms with Crippen LogP contribution in [0.4, 0.5) is 5.69 Å². The summed E-state index contributed by atoms with van der Waals surface area (Å²) < 4.78 is 5.04. The fourth-order valence-corrected chi connectivity index (χ4v) is 1.03. The molecule has 3 nitrogen and oxygen atoms in total. The Morgan fingerprint density at radius 1 is 1.55 bits per heavy atom. The average molecular weight is 175 g/mol. The topological polar surface area (TPSA) is 52.0 Å². The van der Waals surface area contributed by atoms with E-state index in [1.165, 1.54) is 12.8 Å². The van der Waals surface area contributed by atoms with Crippen molar-refractivity contribution in [2.24, 2.45) is 0 Å². The summed E-state index contributed by atoms with van der Waals surface area (Å²) in [5.41, 5.74) is 7.26. The number of nitrogen functional groups attached to an aromatic ring is 1. The predicted molar refractivity (Wildman–Crippen MR) is 44.9 cm³/mol. The molecular formula is C7H11ClN2O. The number of hydrogen-bond donors (Lipinski definition) is 1. The van der Waals surface area contributed by atoms with Gasteiger partial charge in [-0.25, -0.2) is 0 Å². The molecule has 1 aliphatic rings. The molecule has 0 amide bonds. The summed E-state index contributed by atoms with van der Waals surface area (Å²) in [7, 11) is 0. The van der Waals surface area contributed by atoms with Crippen LogP contribution in [0.3, 0.4) is 0 Å². The number of aromatic nitrogens is 1. The lowest BCUT2D eigenvalue weighted by Crippen LogP contribution is -1.88. The number of halogens is 1. The first kappa shape index (κ1) is 8.40. The zero-order valence-corrected chi connectivity index (χ0v) is 7.15. The van der Waals surface area contributed by atoms with E-state index in [1.807, 2.05) is 6.92 Å². The molecule has 1 heterocycles. The Morgan fingerprint density at radius 3 is 2.55 bits per heavy atom. The average Bonchev–Trinajstić information content (AvgIpc) is 2.67. The van der Waals surface area contributed by atoms with Gasteiger partial charge in [0.2, 0.25) is 0 Å². The van der Waals surface area contributed by atoms with Crippen LogP contribution in [0.25, 0.3) is 0 Å². The van der Waals surface area contributed by atoms with Crippen LogP contribution >= 0.6 is 12.4 Å². The number of rotatable bonds is 1. The van der Waals surface area contributed by atoms with Gasteiger partial charge in [-0.05, 0) is 19.8 Å². The smallest absolute Gasteiger partial charge is 0.162 e. The van der Waals surface area contributed by atoms with Gasteiger partial charge in [-0.15, -0.1) is 12.4 Å². The van der Waals surface area contributed by atoms with E-state index in [-0.39, 0.29) is 12.4 Å². The van der Waals surface area contributed by atoms with Gasteiger partial charge in [0.25, 0.3) is 0 Å². The van der Waals surface area contributed by atoms with Crippen molar-refractivity contribution in [3.63, 3.8) is 0 Å². The lowest BCUT2D eigenvalue weighted by atomic mass is 10.2. The van der Waals surface area contributed by atoms with E-state index >= 15 is 0 Å². The fourth-order valence-electron chi connectivity index (χ4n) is 1.03. The van der Waals surface area contributed by atoms with Gasteiger partial charge in [0.15, 0.2) is 5.76 Å². The molecule has 0 radical (unpaired) electrons. The van der Waals surface area contributed by atoms with Crippen molar-refractivity contribution in [2.75, 3.05) is 5.73 Å². The lowest BCUT2D eigenvalue weighted by Gasteiger charge is -1.88. The summed E-state index contributed by atoms with van der Waals surface area (Å²) in [6, 6.07) is 0. The Hall–Kier alpha value is -0.700. The summed E-state index contributed by atoms with van der Waals surface area (Å²) >= 11 is 0. The van der Waals surface area contributed by atoms with E-state index in [0.717, 1.165) is 17.1 Å². The van der Waals surface area contributed by atoms with E-state index < -0.39 is 0 Å². The van der Waals surface area contributed by atoms with Gasteiger partial charge < -0.3 is 10.3 Å². The number of aryl methyl sites for hydroxylation is 1. The standard InChI is InChI=1S/C7H10N2O.ClH/c1-4-6(8)7(10-9-4)5-2-3-5;/h5H,2-3,8H2,1H3;1H. The largest absolute Gasteiger partial charge is 0.394 e. The van der Waals surface area contributed by atoms with Gasteiger partial charge in [-0.2, -0.15) is 0 Å². The third-order valence-corrected chi connectivity index (χ3v) is 1.88. The van der Waals surface area contributed by atoms with Gasteiger partial charge in [-0.3, -0.25) is 0 Å². The second-order valence-electron chi connectivity index (χ2n) is 2.82. The van der Waals surface area contributed by atoms with E-state index in [0.29, 0.717) is 5.92 Å². The van der Waals surface area contributed by atoms with Crippen LogP contribution in [0.5, 0.6) is 0 Å². The summed E-state index contributed by atoms with van der Waals surface area (Å²) in [4.78, 5) is 0. The second kappa shape index (κ2) is 2.74. The summed E-state index contributed by atoms with van der Waals surface area (Å²) in [5, 5.41) is 3.78. The molecule has 1 aromatic rings. The third kappa shape index (κ3) is 1.33. The van der Waals surface area contributed by atoms with Crippen LogP contribution in [0.2, 0.25) is 0 Å². The van der Waals surface area contributed by atoms with Crippen molar-refractivity contribution < 1.29 is 4.52 Å². The van der Waals surface area contributed by atoms with Crippen molar-refractivity contribution in [2.45, 2.75) is 25.7 Å². The van der Waals surface area contributed by atoms with Gasteiger partial charge in [0.05, 0.1) is 5.69 Å². The molecule has 62 valence electrons. The van der Waals surface area contributed by atoms with Crippen LogP contribution in [0.1, 0.15) is 30.2 Å².